The van der Waals surface area contributed by atoms with Crippen LogP contribution in [0.4, 0.5) is 0 Å². The zero-order valence-electron chi connectivity index (χ0n) is 28.2. The van der Waals surface area contributed by atoms with Gasteiger partial charge in [-0.3, -0.25) is 14.2 Å². The van der Waals surface area contributed by atoms with Crippen LogP contribution in [-0.2, 0) is 14.3 Å². The van der Waals surface area contributed by atoms with Gasteiger partial charge < -0.3 is 14.2 Å². The maximum absolute atomic E-state index is 14.4. The molecule has 1 aliphatic heterocycles. The molecule has 5 aromatic rings. The summed E-state index contributed by atoms with van der Waals surface area (Å²) in [6.45, 7) is 11.4. The molecule has 0 N–H and O–H groups in total. The van der Waals surface area contributed by atoms with Gasteiger partial charge in [0.15, 0.2) is 4.80 Å². The van der Waals surface area contributed by atoms with Crippen molar-refractivity contribution in [3.63, 3.8) is 0 Å². The van der Waals surface area contributed by atoms with Gasteiger partial charge in [-0.1, -0.05) is 61.2 Å². The number of hydrogen-bond acceptors (Lipinski definition) is 9. The van der Waals surface area contributed by atoms with Gasteiger partial charge in [-0.15, -0.1) is 0 Å². The number of hydrogen-bond donors (Lipinski definition) is 0. The highest BCUT2D eigenvalue weighted by Crippen LogP contribution is 2.32. The zero-order chi connectivity index (χ0) is 35.4. The first kappa shape index (κ1) is 34.1. The van der Waals surface area contributed by atoms with Gasteiger partial charge in [0, 0.05) is 24.2 Å². The number of nitrogens with zero attached hydrogens (tertiary/aromatic N) is 4. The van der Waals surface area contributed by atoms with Gasteiger partial charge in [0.05, 0.1) is 34.1 Å². The fourth-order valence-electron chi connectivity index (χ4n) is 5.74. The van der Waals surface area contributed by atoms with E-state index in [4.69, 9.17) is 24.3 Å². The second-order valence-corrected chi connectivity index (χ2v) is 12.7. The summed E-state index contributed by atoms with van der Waals surface area (Å²) < 4.78 is 20.3. The molecule has 0 aliphatic carbocycles. The molecule has 0 saturated carbocycles. The van der Waals surface area contributed by atoms with Crippen LogP contribution in [0.15, 0.2) is 113 Å². The number of benzene rings is 3. The van der Waals surface area contributed by atoms with E-state index in [0.29, 0.717) is 38.6 Å². The first-order valence-electron chi connectivity index (χ1n) is 16.2. The van der Waals surface area contributed by atoms with E-state index in [1.165, 1.54) is 28.9 Å². The van der Waals surface area contributed by atoms with E-state index in [0.717, 1.165) is 34.5 Å². The van der Waals surface area contributed by atoms with Crippen LogP contribution in [0.2, 0.25) is 0 Å². The molecular weight excluding hydrogens is 653 g/mol. The lowest BCUT2D eigenvalue weighted by Gasteiger charge is -2.24. The van der Waals surface area contributed by atoms with Gasteiger partial charge in [-0.05, 0) is 79.9 Å². The van der Waals surface area contributed by atoms with Crippen LogP contribution < -0.4 is 24.4 Å². The Morgan fingerprint density at radius 3 is 2.48 bits per heavy atom. The van der Waals surface area contributed by atoms with E-state index in [-0.39, 0.29) is 17.7 Å². The molecule has 0 bridgehead atoms. The van der Waals surface area contributed by atoms with Gasteiger partial charge in [0.25, 0.3) is 5.56 Å². The third-order valence-corrected chi connectivity index (χ3v) is 8.97. The normalized spacial score (nSPS) is 14.2. The number of fused-ring (bicyclic) bond motifs is 1. The topological polar surface area (TPSA) is 114 Å². The summed E-state index contributed by atoms with van der Waals surface area (Å²) in [6, 6.07) is 21.5. The van der Waals surface area contributed by atoms with Gasteiger partial charge >= 0.3 is 11.9 Å². The zero-order valence-corrected chi connectivity index (χ0v) is 29.0. The first-order chi connectivity index (χ1) is 24.2. The maximum atomic E-state index is 14.4. The van der Waals surface area contributed by atoms with Crippen molar-refractivity contribution in [3.05, 3.63) is 139 Å². The summed E-state index contributed by atoms with van der Waals surface area (Å²) in [6.07, 6.45) is 6.10. The SMILES string of the molecule is C=CCOC(=O)C1=C(C)N=c2s/c(=C\c3cn(-c4ccccc4)nc3-c3ccc(OCCC)c(C)c3)c(=O)n2[C@@H]1c1ccc(OC(C)=O)cc1. The van der Waals surface area contributed by atoms with Crippen LogP contribution in [0.5, 0.6) is 11.5 Å². The Morgan fingerprint density at radius 2 is 1.80 bits per heavy atom. The Balaban J connectivity index is 1.51. The number of aryl methyl sites for hydroxylation is 1. The molecule has 0 amide bonds. The van der Waals surface area contributed by atoms with E-state index in [1.54, 1.807) is 35.9 Å². The predicted molar refractivity (Wildman–Crippen MR) is 192 cm³/mol. The number of aromatic nitrogens is 3. The highest BCUT2D eigenvalue weighted by molar-refractivity contribution is 7.07. The second-order valence-electron chi connectivity index (χ2n) is 11.7. The molecular formula is C39H36N4O6S. The van der Waals surface area contributed by atoms with E-state index in [2.05, 4.69) is 13.5 Å². The van der Waals surface area contributed by atoms with Gasteiger partial charge in [-0.25, -0.2) is 14.5 Å². The number of para-hydroxylation sites is 1. The summed E-state index contributed by atoms with van der Waals surface area (Å²) in [5.41, 5.74) is 5.06. The lowest BCUT2D eigenvalue weighted by atomic mass is 9.96. The average molecular weight is 689 g/mol. The number of carbonyl (C=O) groups is 2. The van der Waals surface area contributed by atoms with Crippen molar-refractivity contribution in [3.8, 4) is 28.4 Å². The maximum Gasteiger partial charge on any atom is 0.338 e. The summed E-state index contributed by atoms with van der Waals surface area (Å²) in [5, 5.41) is 4.96. The van der Waals surface area contributed by atoms with Crippen molar-refractivity contribution in [2.45, 2.75) is 40.2 Å². The standard InChI is InChI=1S/C39H36N4O6S/c1-6-19-47-32-18-15-28(21-24(32)3)35-29(23-42(41-35)30-11-9-8-10-12-30)22-33-37(45)43-36(27-13-16-31(17-14-27)49-26(5)44)34(38(46)48-20-7-2)25(4)40-39(43)50-33/h7-18,21-23,36H,2,6,19-20H2,1,3-5H3/b33-22-/t36-/m1/s1. The number of carbonyl (C=O) groups excluding carboxylic acids is 2. The first-order valence-corrected chi connectivity index (χ1v) is 17.0. The molecule has 1 aliphatic rings. The monoisotopic (exact) mass is 688 g/mol. The lowest BCUT2D eigenvalue weighted by Crippen LogP contribution is -2.39. The third-order valence-electron chi connectivity index (χ3n) is 7.99. The molecule has 0 fully saturated rings. The van der Waals surface area contributed by atoms with E-state index in [1.807, 2.05) is 67.7 Å². The van der Waals surface area contributed by atoms with E-state index < -0.39 is 18.0 Å². The highest BCUT2D eigenvalue weighted by Gasteiger charge is 2.33. The Kier molecular flexibility index (Phi) is 10.1. The molecule has 0 unspecified atom stereocenters. The van der Waals surface area contributed by atoms with E-state index in [9.17, 15) is 14.4 Å². The molecule has 254 valence electrons. The van der Waals surface area contributed by atoms with E-state index >= 15 is 0 Å². The smallest absolute Gasteiger partial charge is 0.338 e. The Labute approximate surface area is 292 Å². The molecule has 0 radical (unpaired) electrons. The third kappa shape index (κ3) is 6.99. The van der Waals surface area contributed by atoms with Crippen LogP contribution in [0, 0.1) is 6.92 Å². The minimum absolute atomic E-state index is 0.00247. The van der Waals surface area contributed by atoms with Crippen LogP contribution in [0.25, 0.3) is 23.0 Å². The minimum Gasteiger partial charge on any atom is -0.493 e. The van der Waals surface area contributed by atoms with Crippen molar-refractivity contribution in [2.24, 2.45) is 4.99 Å². The molecule has 11 heteroatoms. The largest absolute Gasteiger partial charge is 0.493 e. The van der Waals surface area contributed by atoms with Crippen molar-refractivity contribution in [1.29, 1.82) is 0 Å². The molecule has 1 atom stereocenters. The van der Waals surface area contributed by atoms with Crippen LogP contribution in [0.3, 0.4) is 0 Å². The summed E-state index contributed by atoms with van der Waals surface area (Å²) >= 11 is 1.23. The Bertz CT molecular complexity index is 2300. The molecule has 3 aromatic carbocycles. The fraction of sp³-hybridized carbons (Fsp3) is 0.205. The number of allylic oxidation sites excluding steroid dienone is 1. The fourth-order valence-corrected chi connectivity index (χ4v) is 6.77. The number of rotatable bonds is 11. The molecule has 0 spiro atoms. The molecule has 50 heavy (non-hydrogen) atoms. The number of ether oxygens (including phenoxy) is 3. The Morgan fingerprint density at radius 1 is 1.04 bits per heavy atom. The molecule has 10 nitrogen and oxygen atoms in total. The van der Waals surface area contributed by atoms with Gasteiger partial charge in [0.1, 0.15) is 23.8 Å². The van der Waals surface area contributed by atoms with Crippen LogP contribution >= 0.6 is 11.3 Å². The molecule has 3 heterocycles. The average Bonchev–Trinajstić information content (AvgIpc) is 3.66. The van der Waals surface area contributed by atoms with Crippen LogP contribution in [-0.4, -0.2) is 39.5 Å². The molecule has 2 aromatic heterocycles. The highest BCUT2D eigenvalue weighted by atomic mass is 32.1. The van der Waals surface area contributed by atoms with Gasteiger partial charge in [-0.2, -0.15) is 5.10 Å². The van der Waals surface area contributed by atoms with Crippen LogP contribution in [0.1, 0.15) is 49.9 Å². The number of thiazole rings is 1. The molecule has 0 saturated heterocycles. The Hall–Kier alpha value is -5.81. The summed E-state index contributed by atoms with van der Waals surface area (Å²) in [7, 11) is 0. The van der Waals surface area contributed by atoms with Crippen molar-refractivity contribution in [2.75, 3.05) is 13.2 Å². The lowest BCUT2D eigenvalue weighted by molar-refractivity contribution is -0.138. The minimum atomic E-state index is -0.845. The summed E-state index contributed by atoms with van der Waals surface area (Å²) in [5.74, 6) is 0.0867. The van der Waals surface area contributed by atoms with Crippen molar-refractivity contribution in [1.82, 2.24) is 14.3 Å². The molecule has 6 rings (SSSR count). The van der Waals surface area contributed by atoms with Gasteiger partial charge in [0.2, 0.25) is 0 Å². The quantitative estimate of drug-likeness (QED) is 0.0974. The summed E-state index contributed by atoms with van der Waals surface area (Å²) in [4.78, 5) is 44.5. The van der Waals surface area contributed by atoms with Crippen molar-refractivity contribution >= 4 is 29.4 Å². The predicted octanol–water partition coefficient (Wildman–Crippen LogP) is 5.84. The second kappa shape index (κ2) is 14.8. The number of esters is 2. The van der Waals surface area contributed by atoms with Crippen molar-refractivity contribution < 1.29 is 23.8 Å².